The zero-order valence-corrected chi connectivity index (χ0v) is 11.4. The second-order valence-corrected chi connectivity index (χ2v) is 6.61. The van der Waals surface area contributed by atoms with Gasteiger partial charge in [-0.05, 0) is 51.9 Å². The first kappa shape index (κ1) is 12.7. The van der Waals surface area contributed by atoms with Gasteiger partial charge >= 0.3 is 6.09 Å². The summed E-state index contributed by atoms with van der Waals surface area (Å²) in [7, 11) is 0. The van der Waals surface area contributed by atoms with E-state index in [0.29, 0.717) is 5.92 Å². The van der Waals surface area contributed by atoms with E-state index in [4.69, 9.17) is 4.74 Å². The van der Waals surface area contributed by atoms with Crippen molar-refractivity contribution in [1.82, 2.24) is 4.90 Å². The first-order valence-corrected chi connectivity index (χ1v) is 6.92. The van der Waals surface area contributed by atoms with E-state index in [1.54, 1.807) is 0 Å². The van der Waals surface area contributed by atoms with Gasteiger partial charge in [-0.3, -0.25) is 0 Å². The number of carbonyl (C=O) groups excluding carboxylic acids is 1. The predicted octanol–water partition coefficient (Wildman–Crippen LogP) is 3.43. The molecule has 1 atom stereocenters. The summed E-state index contributed by atoms with van der Waals surface area (Å²) in [6, 6.07) is 0. The van der Waals surface area contributed by atoms with Crippen LogP contribution in [0.5, 0.6) is 0 Å². The number of ether oxygens (including phenoxy) is 1. The first-order valence-electron chi connectivity index (χ1n) is 6.92. The summed E-state index contributed by atoms with van der Waals surface area (Å²) in [5.41, 5.74) is -0.374. The summed E-state index contributed by atoms with van der Waals surface area (Å²) >= 11 is 0. The zero-order chi connectivity index (χ0) is 12.5. The van der Waals surface area contributed by atoms with Crippen molar-refractivity contribution in [3.63, 3.8) is 0 Å². The average molecular weight is 239 g/mol. The van der Waals surface area contributed by atoms with Gasteiger partial charge in [0.2, 0.25) is 0 Å². The van der Waals surface area contributed by atoms with Crippen LogP contribution >= 0.6 is 0 Å². The van der Waals surface area contributed by atoms with Crippen LogP contribution in [0.2, 0.25) is 0 Å². The minimum absolute atomic E-state index is 0.127. The molecule has 3 heteroatoms. The van der Waals surface area contributed by atoms with Gasteiger partial charge in [0.15, 0.2) is 0 Å². The van der Waals surface area contributed by atoms with Crippen molar-refractivity contribution in [2.75, 3.05) is 13.1 Å². The van der Waals surface area contributed by atoms with E-state index in [9.17, 15) is 4.79 Å². The fourth-order valence-electron chi connectivity index (χ4n) is 2.57. The van der Waals surface area contributed by atoms with Crippen LogP contribution in [0.4, 0.5) is 4.79 Å². The minimum Gasteiger partial charge on any atom is -0.444 e. The van der Waals surface area contributed by atoms with Crippen molar-refractivity contribution in [2.24, 2.45) is 11.8 Å². The highest BCUT2D eigenvalue weighted by Gasteiger charge is 2.31. The van der Waals surface area contributed by atoms with E-state index in [-0.39, 0.29) is 11.7 Å². The fourth-order valence-corrected chi connectivity index (χ4v) is 2.57. The number of piperidine rings is 1. The lowest BCUT2D eigenvalue weighted by Gasteiger charge is -2.34. The van der Waals surface area contributed by atoms with E-state index in [2.05, 4.69) is 0 Å². The van der Waals surface area contributed by atoms with Gasteiger partial charge in [0, 0.05) is 13.1 Å². The van der Waals surface area contributed by atoms with Crippen LogP contribution in [-0.2, 0) is 4.74 Å². The van der Waals surface area contributed by atoms with Crippen molar-refractivity contribution < 1.29 is 9.53 Å². The number of amides is 1. The molecule has 17 heavy (non-hydrogen) atoms. The Labute approximate surface area is 105 Å². The normalized spacial score (nSPS) is 25.8. The molecule has 1 aliphatic carbocycles. The van der Waals surface area contributed by atoms with Crippen LogP contribution in [0, 0.1) is 11.8 Å². The Hall–Kier alpha value is -0.730. The third kappa shape index (κ3) is 4.21. The Balaban J connectivity index is 1.81. The summed E-state index contributed by atoms with van der Waals surface area (Å²) in [6.07, 6.45) is 6.43. The number of nitrogens with zero attached hydrogens (tertiary/aromatic N) is 1. The second kappa shape index (κ2) is 4.87. The average Bonchev–Trinajstić information content (AvgIpc) is 2.99. The molecule has 0 aromatic carbocycles. The maximum atomic E-state index is 12.0. The van der Waals surface area contributed by atoms with Crippen LogP contribution in [0.3, 0.4) is 0 Å². The topological polar surface area (TPSA) is 29.5 Å². The van der Waals surface area contributed by atoms with Crippen molar-refractivity contribution in [3.8, 4) is 0 Å². The lowest BCUT2D eigenvalue weighted by molar-refractivity contribution is 0.0159. The van der Waals surface area contributed by atoms with Crippen LogP contribution in [0.25, 0.3) is 0 Å². The van der Waals surface area contributed by atoms with Crippen LogP contribution in [0.15, 0.2) is 0 Å². The second-order valence-electron chi connectivity index (χ2n) is 6.61. The molecule has 0 radical (unpaired) electrons. The summed E-state index contributed by atoms with van der Waals surface area (Å²) in [4.78, 5) is 13.9. The Morgan fingerprint density at radius 3 is 2.53 bits per heavy atom. The van der Waals surface area contributed by atoms with Gasteiger partial charge < -0.3 is 9.64 Å². The molecule has 2 aliphatic rings. The maximum Gasteiger partial charge on any atom is 0.410 e. The Morgan fingerprint density at radius 1 is 1.24 bits per heavy atom. The monoisotopic (exact) mass is 239 g/mol. The molecule has 2 fully saturated rings. The van der Waals surface area contributed by atoms with Crippen molar-refractivity contribution in [2.45, 2.75) is 58.5 Å². The maximum absolute atomic E-state index is 12.0. The Morgan fingerprint density at radius 2 is 1.94 bits per heavy atom. The van der Waals surface area contributed by atoms with Gasteiger partial charge in [-0.2, -0.15) is 0 Å². The standard InChI is InChI=1S/C14H25NO2/c1-14(2,3)17-13(16)15-8-4-5-12(10-15)9-11-6-7-11/h11-12H,4-10H2,1-3H3. The minimum atomic E-state index is -0.374. The molecule has 0 spiro atoms. The van der Waals surface area contributed by atoms with Gasteiger partial charge in [-0.25, -0.2) is 4.79 Å². The molecular weight excluding hydrogens is 214 g/mol. The van der Waals surface area contributed by atoms with Crippen molar-refractivity contribution in [3.05, 3.63) is 0 Å². The van der Waals surface area contributed by atoms with E-state index in [1.807, 2.05) is 25.7 Å². The zero-order valence-electron chi connectivity index (χ0n) is 11.4. The highest BCUT2D eigenvalue weighted by Crippen LogP contribution is 2.37. The van der Waals surface area contributed by atoms with Crippen LogP contribution in [-0.4, -0.2) is 29.7 Å². The highest BCUT2D eigenvalue weighted by atomic mass is 16.6. The molecule has 1 saturated heterocycles. The molecule has 1 heterocycles. The number of carbonyl (C=O) groups is 1. The molecule has 1 aliphatic heterocycles. The third-order valence-electron chi connectivity index (χ3n) is 3.53. The lowest BCUT2D eigenvalue weighted by atomic mass is 9.93. The van der Waals surface area contributed by atoms with Crippen LogP contribution < -0.4 is 0 Å². The van der Waals surface area contributed by atoms with Gasteiger partial charge in [0.05, 0.1) is 0 Å². The van der Waals surface area contributed by atoms with E-state index in [1.165, 1.54) is 25.7 Å². The fraction of sp³-hybridized carbons (Fsp3) is 0.929. The van der Waals surface area contributed by atoms with Gasteiger partial charge in [-0.15, -0.1) is 0 Å². The first-order chi connectivity index (χ1) is 7.94. The number of rotatable bonds is 2. The molecule has 2 rings (SSSR count). The van der Waals surface area contributed by atoms with Crippen molar-refractivity contribution >= 4 is 6.09 Å². The third-order valence-corrected chi connectivity index (χ3v) is 3.53. The van der Waals surface area contributed by atoms with E-state index < -0.39 is 0 Å². The number of hydrogen-bond acceptors (Lipinski definition) is 2. The predicted molar refractivity (Wildman–Crippen MR) is 67.9 cm³/mol. The molecule has 1 saturated carbocycles. The lowest BCUT2D eigenvalue weighted by Crippen LogP contribution is -2.42. The smallest absolute Gasteiger partial charge is 0.410 e. The highest BCUT2D eigenvalue weighted by molar-refractivity contribution is 5.68. The number of hydrogen-bond donors (Lipinski definition) is 0. The molecular formula is C14H25NO2. The Bertz CT molecular complexity index is 278. The molecule has 0 aromatic heterocycles. The molecule has 0 aromatic rings. The quantitative estimate of drug-likeness (QED) is 0.739. The largest absolute Gasteiger partial charge is 0.444 e. The SMILES string of the molecule is CC(C)(C)OC(=O)N1CCCC(CC2CC2)C1. The summed E-state index contributed by atoms with van der Waals surface area (Å²) in [5.74, 6) is 1.67. The van der Waals surface area contributed by atoms with Gasteiger partial charge in [0.25, 0.3) is 0 Å². The van der Waals surface area contributed by atoms with Crippen molar-refractivity contribution in [1.29, 1.82) is 0 Å². The van der Waals surface area contributed by atoms with Crippen LogP contribution in [0.1, 0.15) is 52.9 Å². The molecule has 0 N–H and O–H groups in total. The summed E-state index contributed by atoms with van der Waals surface area (Å²) in [6.45, 7) is 7.56. The molecule has 0 bridgehead atoms. The molecule has 98 valence electrons. The summed E-state index contributed by atoms with van der Waals surface area (Å²) < 4.78 is 5.43. The molecule has 1 unspecified atom stereocenters. The summed E-state index contributed by atoms with van der Waals surface area (Å²) in [5, 5.41) is 0. The molecule has 3 nitrogen and oxygen atoms in total. The van der Waals surface area contributed by atoms with E-state index >= 15 is 0 Å². The number of likely N-dealkylation sites (tertiary alicyclic amines) is 1. The Kier molecular flexibility index (Phi) is 3.64. The van der Waals surface area contributed by atoms with E-state index in [0.717, 1.165) is 25.4 Å². The molecule has 1 amide bonds. The van der Waals surface area contributed by atoms with Gasteiger partial charge in [0.1, 0.15) is 5.60 Å². The van der Waals surface area contributed by atoms with Gasteiger partial charge in [-0.1, -0.05) is 12.8 Å².